The van der Waals surface area contributed by atoms with Crippen molar-refractivity contribution in [2.24, 2.45) is 5.92 Å². The van der Waals surface area contributed by atoms with Crippen LogP contribution in [0.15, 0.2) is 18.2 Å². The van der Waals surface area contributed by atoms with Gasteiger partial charge in [0.05, 0.1) is 29.1 Å². The summed E-state index contributed by atoms with van der Waals surface area (Å²) in [6.45, 7) is 0.694. The molecule has 2 unspecified atom stereocenters. The topological polar surface area (TPSA) is 47.3 Å². The Bertz CT molecular complexity index is 500. The van der Waals surface area contributed by atoms with Crippen molar-refractivity contribution in [3.63, 3.8) is 0 Å². The Morgan fingerprint density at radius 3 is 2.55 bits per heavy atom. The highest BCUT2D eigenvalue weighted by atomic mass is 19.4. The predicted molar refractivity (Wildman–Crippen MR) is 70.3 cm³/mol. The molecule has 1 saturated heterocycles. The van der Waals surface area contributed by atoms with Gasteiger partial charge in [0.1, 0.15) is 0 Å². The van der Waals surface area contributed by atoms with Crippen molar-refractivity contribution in [2.45, 2.75) is 37.6 Å². The van der Waals surface area contributed by atoms with Crippen LogP contribution in [0.3, 0.4) is 0 Å². The fourth-order valence-electron chi connectivity index (χ4n) is 2.73. The molecule has 1 heterocycles. The number of halogens is 3. The number of nitrogens with one attached hydrogen (secondary N) is 1. The van der Waals surface area contributed by atoms with E-state index in [1.54, 1.807) is 0 Å². The maximum atomic E-state index is 12.6. The van der Waals surface area contributed by atoms with E-state index in [-0.39, 0.29) is 17.8 Å². The lowest BCUT2D eigenvalue weighted by Gasteiger charge is -2.22. The second-order valence-corrected chi connectivity index (χ2v) is 5.51. The largest absolute Gasteiger partial charge is 0.416 e. The zero-order valence-corrected chi connectivity index (χ0v) is 10.9. The monoisotopic (exact) mass is 286 g/mol. The lowest BCUT2D eigenvalue weighted by Crippen LogP contribution is -2.31. The number of anilines is 2. The van der Waals surface area contributed by atoms with Crippen LogP contribution < -0.4 is 11.1 Å². The van der Waals surface area contributed by atoms with Gasteiger partial charge in [-0.15, -0.1) is 0 Å². The summed E-state index contributed by atoms with van der Waals surface area (Å²) in [6, 6.07) is 3.58. The number of rotatable bonds is 3. The van der Waals surface area contributed by atoms with Crippen molar-refractivity contribution in [3.8, 4) is 0 Å². The van der Waals surface area contributed by atoms with E-state index in [2.05, 4.69) is 5.32 Å². The first-order chi connectivity index (χ1) is 9.45. The minimum absolute atomic E-state index is 0.126. The Morgan fingerprint density at radius 1 is 1.20 bits per heavy atom. The highest BCUT2D eigenvalue weighted by Gasteiger charge is 2.40. The Morgan fingerprint density at radius 2 is 1.95 bits per heavy atom. The molecule has 2 atom stereocenters. The van der Waals surface area contributed by atoms with Crippen molar-refractivity contribution >= 4 is 11.4 Å². The fraction of sp³-hybridized carbons (Fsp3) is 0.571. The average molecular weight is 286 g/mol. The van der Waals surface area contributed by atoms with E-state index in [0.29, 0.717) is 18.2 Å². The van der Waals surface area contributed by atoms with Gasteiger partial charge in [0, 0.05) is 6.61 Å². The first kappa shape index (κ1) is 13.5. The average Bonchev–Trinajstić information content (AvgIpc) is 3.11. The molecule has 0 bridgehead atoms. The molecule has 3 N–H and O–H groups in total. The number of hydrogen-bond acceptors (Lipinski definition) is 3. The van der Waals surface area contributed by atoms with Crippen LogP contribution in [-0.2, 0) is 10.9 Å². The Hall–Kier alpha value is -1.43. The van der Waals surface area contributed by atoms with Crippen molar-refractivity contribution < 1.29 is 17.9 Å². The van der Waals surface area contributed by atoms with Crippen LogP contribution in [0.1, 0.15) is 24.8 Å². The lowest BCUT2D eigenvalue weighted by atomic mass is 10.1. The zero-order chi connectivity index (χ0) is 14.3. The van der Waals surface area contributed by atoms with Crippen LogP contribution >= 0.6 is 0 Å². The highest BCUT2D eigenvalue weighted by Crippen LogP contribution is 2.40. The van der Waals surface area contributed by atoms with E-state index in [9.17, 15) is 13.2 Å². The van der Waals surface area contributed by atoms with Gasteiger partial charge in [-0.3, -0.25) is 0 Å². The first-order valence-electron chi connectivity index (χ1n) is 6.80. The van der Waals surface area contributed by atoms with Gasteiger partial charge in [-0.1, -0.05) is 0 Å². The van der Waals surface area contributed by atoms with E-state index >= 15 is 0 Å². The quantitative estimate of drug-likeness (QED) is 0.838. The van der Waals surface area contributed by atoms with Crippen LogP contribution in [0.2, 0.25) is 0 Å². The van der Waals surface area contributed by atoms with Gasteiger partial charge in [-0.05, 0) is 43.4 Å². The molecule has 6 heteroatoms. The maximum absolute atomic E-state index is 12.6. The van der Waals surface area contributed by atoms with Crippen LogP contribution in [0.4, 0.5) is 24.5 Å². The van der Waals surface area contributed by atoms with E-state index in [1.165, 1.54) is 18.9 Å². The van der Waals surface area contributed by atoms with Gasteiger partial charge in [-0.25, -0.2) is 0 Å². The van der Waals surface area contributed by atoms with Crippen LogP contribution in [0, 0.1) is 5.92 Å². The van der Waals surface area contributed by atoms with E-state index in [1.807, 2.05) is 0 Å². The highest BCUT2D eigenvalue weighted by molar-refractivity contribution is 5.67. The van der Waals surface area contributed by atoms with Gasteiger partial charge in [0.15, 0.2) is 0 Å². The van der Waals surface area contributed by atoms with E-state index in [4.69, 9.17) is 10.5 Å². The van der Waals surface area contributed by atoms with Crippen LogP contribution in [0.5, 0.6) is 0 Å². The number of nitrogen functional groups attached to an aromatic ring is 1. The zero-order valence-electron chi connectivity index (χ0n) is 10.9. The standard InChI is InChI=1S/C14H17F3N2O/c15-14(16,17)9-3-4-11(10(18)7-9)19-12-5-6-20-13(12)8-1-2-8/h3-4,7-8,12-13,19H,1-2,5-6,18H2. The third-order valence-electron chi connectivity index (χ3n) is 3.94. The number of alkyl halides is 3. The molecule has 1 aromatic rings. The molecule has 3 nitrogen and oxygen atoms in total. The van der Waals surface area contributed by atoms with Gasteiger partial charge in [-0.2, -0.15) is 13.2 Å². The van der Waals surface area contributed by atoms with Crippen LogP contribution in [-0.4, -0.2) is 18.8 Å². The molecule has 20 heavy (non-hydrogen) atoms. The molecule has 1 saturated carbocycles. The predicted octanol–water partition coefficient (Wildman–Crippen LogP) is 3.27. The molecule has 2 fully saturated rings. The molecule has 0 amide bonds. The summed E-state index contributed by atoms with van der Waals surface area (Å²) in [4.78, 5) is 0. The van der Waals surface area contributed by atoms with E-state index in [0.717, 1.165) is 18.6 Å². The van der Waals surface area contributed by atoms with Gasteiger partial charge >= 0.3 is 6.18 Å². The van der Waals surface area contributed by atoms with Gasteiger partial charge in [0.2, 0.25) is 0 Å². The van der Waals surface area contributed by atoms with Crippen molar-refractivity contribution in [1.29, 1.82) is 0 Å². The van der Waals surface area contributed by atoms with Crippen LogP contribution in [0.25, 0.3) is 0 Å². The van der Waals surface area contributed by atoms with E-state index < -0.39 is 11.7 Å². The second kappa shape index (κ2) is 4.84. The number of ether oxygens (including phenoxy) is 1. The summed E-state index contributed by atoms with van der Waals surface area (Å²) in [5.74, 6) is 0.589. The number of nitrogens with two attached hydrogens (primary N) is 1. The third kappa shape index (κ3) is 2.70. The second-order valence-electron chi connectivity index (χ2n) is 5.51. The smallest absolute Gasteiger partial charge is 0.397 e. The number of hydrogen-bond donors (Lipinski definition) is 2. The molecular formula is C14H17F3N2O. The van der Waals surface area contributed by atoms with Crippen molar-refractivity contribution in [3.05, 3.63) is 23.8 Å². The first-order valence-corrected chi connectivity index (χ1v) is 6.80. The van der Waals surface area contributed by atoms with Gasteiger partial charge < -0.3 is 15.8 Å². The summed E-state index contributed by atoms with van der Waals surface area (Å²) in [6.07, 6.45) is -0.991. The molecule has 3 rings (SSSR count). The van der Waals surface area contributed by atoms with Crippen molar-refractivity contribution in [2.75, 3.05) is 17.7 Å². The molecule has 0 aromatic heterocycles. The molecule has 1 aromatic carbocycles. The normalized spacial score (nSPS) is 26.8. The molecular weight excluding hydrogens is 269 g/mol. The van der Waals surface area contributed by atoms with Crippen molar-refractivity contribution in [1.82, 2.24) is 0 Å². The third-order valence-corrected chi connectivity index (χ3v) is 3.94. The lowest BCUT2D eigenvalue weighted by molar-refractivity contribution is -0.137. The molecule has 110 valence electrons. The number of benzene rings is 1. The maximum Gasteiger partial charge on any atom is 0.416 e. The molecule has 1 aliphatic heterocycles. The molecule has 1 aliphatic carbocycles. The Labute approximate surface area is 115 Å². The minimum atomic E-state index is -4.36. The summed E-state index contributed by atoms with van der Waals surface area (Å²) in [7, 11) is 0. The van der Waals surface area contributed by atoms with Gasteiger partial charge in [0.25, 0.3) is 0 Å². The molecule has 0 spiro atoms. The Kier molecular flexibility index (Phi) is 3.28. The Balaban J connectivity index is 1.74. The molecule has 0 radical (unpaired) electrons. The minimum Gasteiger partial charge on any atom is -0.397 e. The summed E-state index contributed by atoms with van der Waals surface area (Å²) >= 11 is 0. The fourth-order valence-corrected chi connectivity index (χ4v) is 2.73. The summed E-state index contributed by atoms with van der Waals surface area (Å²) in [5, 5.41) is 3.24. The summed E-state index contributed by atoms with van der Waals surface area (Å²) < 4.78 is 43.5. The SMILES string of the molecule is Nc1cc(C(F)(F)F)ccc1NC1CCOC1C1CC1. The summed E-state index contributed by atoms with van der Waals surface area (Å²) in [5.41, 5.74) is 5.69. The molecule has 2 aliphatic rings.